The Balaban J connectivity index is 1.84. The molecule has 126 valence electrons. The molecule has 0 fully saturated rings. The molecule has 8 nitrogen and oxygen atoms in total. The molecule has 0 aliphatic carbocycles. The molecule has 0 bridgehead atoms. The zero-order valence-electron chi connectivity index (χ0n) is 12.7. The van der Waals surface area contributed by atoms with Crippen LogP contribution in [-0.2, 0) is 11.3 Å². The zero-order chi connectivity index (χ0) is 18.0. The van der Waals surface area contributed by atoms with E-state index in [1.807, 2.05) is 0 Å². The quantitative estimate of drug-likeness (QED) is 0.577. The van der Waals surface area contributed by atoms with Crippen molar-refractivity contribution in [2.45, 2.75) is 6.54 Å². The number of aromatic nitrogens is 2. The van der Waals surface area contributed by atoms with Crippen molar-refractivity contribution in [2.75, 3.05) is 5.32 Å². The van der Waals surface area contributed by atoms with Gasteiger partial charge in [-0.3, -0.25) is 24.3 Å². The number of nitro groups is 1. The van der Waals surface area contributed by atoms with Crippen molar-refractivity contribution in [1.82, 2.24) is 9.55 Å². The molecule has 0 saturated heterocycles. The number of carbonyl (C=O) groups excluding carboxylic acids is 1. The van der Waals surface area contributed by atoms with E-state index in [4.69, 9.17) is 0 Å². The molecule has 0 aliphatic heterocycles. The minimum Gasteiger partial charge on any atom is -0.322 e. The van der Waals surface area contributed by atoms with Gasteiger partial charge in [-0.2, -0.15) is 0 Å². The van der Waals surface area contributed by atoms with Crippen LogP contribution in [0.4, 0.5) is 15.8 Å². The first-order valence-corrected chi connectivity index (χ1v) is 7.13. The summed E-state index contributed by atoms with van der Waals surface area (Å²) in [7, 11) is 0. The first-order chi connectivity index (χ1) is 12.0. The van der Waals surface area contributed by atoms with Gasteiger partial charge in [-0.25, -0.2) is 9.37 Å². The number of rotatable bonds is 4. The van der Waals surface area contributed by atoms with Gasteiger partial charge in [0.25, 0.3) is 11.2 Å². The fourth-order valence-corrected chi connectivity index (χ4v) is 2.29. The summed E-state index contributed by atoms with van der Waals surface area (Å²) in [5.41, 5.74) is -0.614. The zero-order valence-corrected chi connectivity index (χ0v) is 12.7. The third-order valence-electron chi connectivity index (χ3n) is 3.48. The number of carbonyl (C=O) groups is 1. The maximum atomic E-state index is 13.7. The molecule has 1 N–H and O–H groups in total. The SMILES string of the molecule is O=C(Cn1cnc2ccccc2c1=O)Nc1cc([N+](=O)[O-])ccc1F. The molecule has 2 aromatic carbocycles. The molecular formula is C16H11FN4O4. The Kier molecular flexibility index (Phi) is 4.21. The van der Waals surface area contributed by atoms with Gasteiger partial charge in [0.05, 0.1) is 27.8 Å². The number of para-hydroxylation sites is 1. The van der Waals surface area contributed by atoms with Crippen LogP contribution >= 0.6 is 0 Å². The van der Waals surface area contributed by atoms with Crippen LogP contribution in [-0.4, -0.2) is 20.4 Å². The van der Waals surface area contributed by atoms with E-state index in [0.717, 1.165) is 22.8 Å². The van der Waals surface area contributed by atoms with E-state index < -0.39 is 28.8 Å². The van der Waals surface area contributed by atoms with Crippen molar-refractivity contribution in [2.24, 2.45) is 0 Å². The van der Waals surface area contributed by atoms with Gasteiger partial charge in [0.1, 0.15) is 12.4 Å². The molecule has 0 atom stereocenters. The number of halogens is 1. The number of nitrogens with zero attached hydrogens (tertiary/aromatic N) is 3. The molecule has 1 amide bonds. The summed E-state index contributed by atoms with van der Waals surface area (Å²) in [6.45, 7) is -0.404. The van der Waals surface area contributed by atoms with E-state index in [1.54, 1.807) is 24.3 Å². The Morgan fingerprint density at radius 2 is 2.04 bits per heavy atom. The van der Waals surface area contributed by atoms with Crippen molar-refractivity contribution in [1.29, 1.82) is 0 Å². The van der Waals surface area contributed by atoms with Crippen LogP contribution in [0.1, 0.15) is 0 Å². The van der Waals surface area contributed by atoms with E-state index in [9.17, 15) is 24.1 Å². The first-order valence-electron chi connectivity index (χ1n) is 7.13. The van der Waals surface area contributed by atoms with E-state index in [-0.39, 0.29) is 11.4 Å². The molecule has 1 aromatic heterocycles. The van der Waals surface area contributed by atoms with Crippen LogP contribution in [0.3, 0.4) is 0 Å². The average molecular weight is 342 g/mol. The Labute approximate surface area is 139 Å². The van der Waals surface area contributed by atoms with Crippen LogP contribution in [0.25, 0.3) is 10.9 Å². The van der Waals surface area contributed by atoms with E-state index in [0.29, 0.717) is 10.9 Å². The highest BCUT2D eigenvalue weighted by molar-refractivity contribution is 5.91. The summed E-state index contributed by atoms with van der Waals surface area (Å²) >= 11 is 0. The minimum absolute atomic E-state index is 0.332. The second-order valence-corrected chi connectivity index (χ2v) is 5.16. The van der Waals surface area contributed by atoms with Gasteiger partial charge in [-0.15, -0.1) is 0 Å². The lowest BCUT2D eigenvalue weighted by Gasteiger charge is -2.08. The third kappa shape index (κ3) is 3.34. The van der Waals surface area contributed by atoms with E-state index >= 15 is 0 Å². The van der Waals surface area contributed by atoms with Gasteiger partial charge < -0.3 is 5.32 Å². The molecule has 9 heteroatoms. The molecule has 25 heavy (non-hydrogen) atoms. The Morgan fingerprint density at radius 1 is 1.28 bits per heavy atom. The molecule has 0 spiro atoms. The van der Waals surface area contributed by atoms with Gasteiger partial charge in [0.2, 0.25) is 5.91 Å². The highest BCUT2D eigenvalue weighted by Crippen LogP contribution is 2.21. The summed E-state index contributed by atoms with van der Waals surface area (Å²) in [5.74, 6) is -1.53. The van der Waals surface area contributed by atoms with Gasteiger partial charge >= 0.3 is 0 Å². The lowest BCUT2D eigenvalue weighted by molar-refractivity contribution is -0.384. The number of hydrogen-bond acceptors (Lipinski definition) is 5. The van der Waals surface area contributed by atoms with Crippen LogP contribution in [0, 0.1) is 15.9 Å². The molecule has 0 aliphatic rings. The maximum absolute atomic E-state index is 13.7. The standard InChI is InChI=1S/C16H11FN4O4/c17-12-6-5-10(21(24)25)7-14(12)19-15(22)8-20-9-18-13-4-2-1-3-11(13)16(20)23/h1-7,9H,8H2,(H,19,22). The fraction of sp³-hybridized carbons (Fsp3) is 0.0625. The van der Waals surface area contributed by atoms with Crippen LogP contribution < -0.4 is 10.9 Å². The number of benzene rings is 2. The molecule has 3 rings (SSSR count). The van der Waals surface area contributed by atoms with Crippen molar-refractivity contribution in [3.05, 3.63) is 75.1 Å². The normalized spacial score (nSPS) is 10.6. The smallest absolute Gasteiger partial charge is 0.271 e. The van der Waals surface area contributed by atoms with Crippen molar-refractivity contribution in [3.8, 4) is 0 Å². The summed E-state index contributed by atoms with van der Waals surface area (Å²) in [4.78, 5) is 38.5. The summed E-state index contributed by atoms with van der Waals surface area (Å²) in [5, 5.41) is 13.3. The Morgan fingerprint density at radius 3 is 2.80 bits per heavy atom. The predicted molar refractivity (Wildman–Crippen MR) is 87.7 cm³/mol. The minimum atomic E-state index is -0.817. The molecule has 0 radical (unpaired) electrons. The van der Waals surface area contributed by atoms with E-state index in [1.165, 1.54) is 6.33 Å². The Bertz CT molecular complexity index is 1050. The Hall–Kier alpha value is -3.62. The lowest BCUT2D eigenvalue weighted by atomic mass is 10.2. The van der Waals surface area contributed by atoms with Crippen molar-refractivity contribution < 1.29 is 14.1 Å². The lowest BCUT2D eigenvalue weighted by Crippen LogP contribution is -2.28. The highest BCUT2D eigenvalue weighted by Gasteiger charge is 2.14. The first kappa shape index (κ1) is 16.2. The van der Waals surface area contributed by atoms with Crippen LogP contribution in [0.2, 0.25) is 0 Å². The number of non-ortho nitro benzene ring substituents is 1. The summed E-state index contributed by atoms with van der Waals surface area (Å²) < 4.78 is 14.8. The third-order valence-corrected chi connectivity index (χ3v) is 3.48. The molecular weight excluding hydrogens is 331 g/mol. The maximum Gasteiger partial charge on any atom is 0.271 e. The second kappa shape index (κ2) is 6.48. The van der Waals surface area contributed by atoms with Gasteiger partial charge in [-0.1, -0.05) is 12.1 Å². The highest BCUT2D eigenvalue weighted by atomic mass is 19.1. The van der Waals surface area contributed by atoms with Crippen molar-refractivity contribution in [3.63, 3.8) is 0 Å². The number of hydrogen-bond donors (Lipinski definition) is 1. The number of nitro benzene ring substituents is 1. The average Bonchev–Trinajstić information content (AvgIpc) is 2.59. The van der Waals surface area contributed by atoms with Gasteiger partial charge in [0.15, 0.2) is 0 Å². The van der Waals surface area contributed by atoms with Gasteiger partial charge in [0, 0.05) is 12.1 Å². The molecule has 1 heterocycles. The van der Waals surface area contributed by atoms with Crippen LogP contribution in [0.5, 0.6) is 0 Å². The molecule has 0 unspecified atom stereocenters. The molecule has 0 saturated carbocycles. The largest absolute Gasteiger partial charge is 0.322 e. The fourth-order valence-electron chi connectivity index (χ4n) is 2.29. The van der Waals surface area contributed by atoms with Gasteiger partial charge in [-0.05, 0) is 18.2 Å². The second-order valence-electron chi connectivity index (χ2n) is 5.16. The van der Waals surface area contributed by atoms with Crippen LogP contribution in [0.15, 0.2) is 53.6 Å². The number of amides is 1. The topological polar surface area (TPSA) is 107 Å². The predicted octanol–water partition coefficient (Wildman–Crippen LogP) is 2.08. The monoisotopic (exact) mass is 342 g/mol. The van der Waals surface area contributed by atoms with Crippen molar-refractivity contribution >= 4 is 28.2 Å². The number of anilines is 1. The summed E-state index contributed by atoms with van der Waals surface area (Å²) in [6, 6.07) is 9.44. The molecule has 3 aromatic rings. The number of nitrogens with one attached hydrogen (secondary N) is 1. The summed E-state index contributed by atoms with van der Waals surface area (Å²) in [6.07, 6.45) is 1.22. The number of fused-ring (bicyclic) bond motifs is 1. The van der Waals surface area contributed by atoms with E-state index in [2.05, 4.69) is 10.3 Å².